The Morgan fingerprint density at radius 1 is 0.938 bits per heavy atom. The zero-order valence-corrected chi connectivity index (χ0v) is 39.6. The Morgan fingerprint density at radius 2 is 1.66 bits per heavy atom. The fourth-order valence-electron chi connectivity index (χ4n) is 8.81. The third-order valence-electron chi connectivity index (χ3n) is 12.1. The molecule has 4 N–H and O–H groups in total. The standard InChI is InChI=1S/C45H54BrN10O5P.CH2O2/c1-5-29-26-37(51-45-49-28-34(46)43(53-45)50-36-12-11-35-41(48-17-16-47-35)42(36)62(3,4)59)39(60-2)27-38(29)56-18-14-31(15-19-56)55-22-20-54(21-23-55)24-25-61-32-8-6-30(7-9-32)33-10-13-40(57)52-44(33)58;2-1-3/h6-9,11-12,16-17,26-28,31,33H,5,10,13-15,18-25H2,1-4H3,(H,52,57,58)(H2,49,50,51,53);1H,(H,2,3). The number of nitrogens with zero attached hydrogens (tertiary/aromatic N) is 7. The summed E-state index contributed by atoms with van der Waals surface area (Å²) in [5, 5.41) is 16.7. The number of carbonyl (C=O) groups is 3. The van der Waals surface area contributed by atoms with Crippen LogP contribution in [0.3, 0.4) is 0 Å². The third kappa shape index (κ3) is 11.6. The van der Waals surface area contributed by atoms with Gasteiger partial charge in [0.1, 0.15) is 36.6 Å². The van der Waals surface area contributed by atoms with Crippen molar-refractivity contribution >= 4 is 86.5 Å². The van der Waals surface area contributed by atoms with Crippen LogP contribution in [-0.2, 0) is 25.4 Å². The number of methoxy groups -OCH3 is 1. The molecule has 8 rings (SSSR count). The number of carbonyl (C=O) groups excluding carboxylic acids is 2. The van der Waals surface area contributed by atoms with Gasteiger partial charge in [0.25, 0.3) is 6.47 Å². The quantitative estimate of drug-likeness (QED) is 0.0542. The Hall–Kier alpha value is -5.68. The highest BCUT2D eigenvalue weighted by Crippen LogP contribution is 2.42. The lowest BCUT2D eigenvalue weighted by molar-refractivity contribution is -0.134. The van der Waals surface area contributed by atoms with E-state index in [0.29, 0.717) is 69.5 Å². The predicted molar refractivity (Wildman–Crippen MR) is 256 cm³/mol. The minimum Gasteiger partial charge on any atom is -0.494 e. The van der Waals surface area contributed by atoms with E-state index in [1.807, 2.05) is 36.4 Å². The molecule has 3 aliphatic rings. The lowest BCUT2D eigenvalue weighted by atomic mass is 9.90. The lowest BCUT2D eigenvalue weighted by Gasteiger charge is -2.43. The zero-order valence-electron chi connectivity index (χ0n) is 37.1. The lowest BCUT2D eigenvalue weighted by Crippen LogP contribution is -2.53. The van der Waals surface area contributed by atoms with E-state index in [2.05, 4.69) is 80.6 Å². The Bertz CT molecular complexity index is 2530. The van der Waals surface area contributed by atoms with Gasteiger partial charge in [0.2, 0.25) is 17.8 Å². The summed E-state index contributed by atoms with van der Waals surface area (Å²) in [5.41, 5.74) is 6.02. The summed E-state index contributed by atoms with van der Waals surface area (Å²) in [6.45, 7) is 12.9. The summed E-state index contributed by atoms with van der Waals surface area (Å²) in [6, 6.07) is 16.2. The van der Waals surface area contributed by atoms with Gasteiger partial charge in [-0.3, -0.25) is 39.5 Å². The number of piperazine rings is 1. The highest BCUT2D eigenvalue weighted by Gasteiger charge is 2.30. The largest absolute Gasteiger partial charge is 0.494 e. The molecule has 3 saturated heterocycles. The first-order valence-electron chi connectivity index (χ1n) is 21.8. The Labute approximate surface area is 387 Å². The van der Waals surface area contributed by atoms with Crippen molar-refractivity contribution in [2.45, 2.75) is 51.0 Å². The van der Waals surface area contributed by atoms with E-state index in [-0.39, 0.29) is 24.2 Å². The summed E-state index contributed by atoms with van der Waals surface area (Å²) >= 11 is 3.60. The molecule has 0 radical (unpaired) electrons. The number of carboxylic acid groups (broad SMARTS) is 1. The molecule has 0 spiro atoms. The molecule has 2 amide bonds. The van der Waals surface area contributed by atoms with E-state index < -0.39 is 7.14 Å². The molecule has 65 heavy (non-hydrogen) atoms. The first kappa shape index (κ1) is 47.3. The molecule has 3 fully saturated rings. The second-order valence-electron chi connectivity index (χ2n) is 16.5. The van der Waals surface area contributed by atoms with Crippen LogP contribution in [0.2, 0.25) is 0 Å². The first-order chi connectivity index (χ1) is 31.4. The van der Waals surface area contributed by atoms with Gasteiger partial charge < -0.3 is 34.7 Å². The molecule has 5 heterocycles. The maximum absolute atomic E-state index is 13.5. The normalized spacial score (nSPS) is 17.5. The fourth-order valence-corrected chi connectivity index (χ4v) is 10.5. The van der Waals surface area contributed by atoms with Crippen LogP contribution in [0.1, 0.15) is 49.7 Å². The number of piperidine rings is 2. The third-order valence-corrected chi connectivity index (χ3v) is 14.2. The maximum Gasteiger partial charge on any atom is 0.290 e. The number of amides is 2. The number of aryl methyl sites for hydroxylation is 1. The molecule has 2 aromatic heterocycles. The molecule has 1 unspecified atom stereocenters. The van der Waals surface area contributed by atoms with E-state index in [1.54, 1.807) is 39.0 Å². The van der Waals surface area contributed by atoms with Crippen LogP contribution in [0.4, 0.5) is 28.8 Å². The number of imide groups is 1. The summed E-state index contributed by atoms with van der Waals surface area (Å²) in [5.74, 6) is 1.69. The maximum atomic E-state index is 13.5. The van der Waals surface area contributed by atoms with Crippen LogP contribution in [0.5, 0.6) is 11.5 Å². The second kappa shape index (κ2) is 21.5. The number of hydrogen-bond donors (Lipinski definition) is 4. The van der Waals surface area contributed by atoms with Crippen LogP contribution in [0.15, 0.2) is 71.6 Å². The first-order valence-corrected chi connectivity index (χ1v) is 25.2. The van der Waals surface area contributed by atoms with Crippen LogP contribution in [-0.4, -0.2) is 132 Å². The highest BCUT2D eigenvalue weighted by atomic mass is 79.9. The van der Waals surface area contributed by atoms with Crippen molar-refractivity contribution in [3.63, 3.8) is 0 Å². The number of halogens is 1. The smallest absolute Gasteiger partial charge is 0.290 e. The van der Waals surface area contributed by atoms with Gasteiger partial charge in [0, 0.05) is 88.6 Å². The molecule has 0 bridgehead atoms. The van der Waals surface area contributed by atoms with Crippen molar-refractivity contribution in [3.05, 3.63) is 82.7 Å². The molecule has 3 aromatic carbocycles. The Morgan fingerprint density at radius 3 is 2.34 bits per heavy atom. The predicted octanol–water partition coefficient (Wildman–Crippen LogP) is 6.37. The van der Waals surface area contributed by atoms with Crippen LogP contribution < -0.4 is 35.6 Å². The second-order valence-corrected chi connectivity index (χ2v) is 20.5. The Balaban J connectivity index is 0.00000204. The number of hydrogen-bond acceptors (Lipinski definition) is 15. The van der Waals surface area contributed by atoms with Crippen molar-refractivity contribution in [3.8, 4) is 11.5 Å². The Kier molecular flexibility index (Phi) is 15.7. The van der Waals surface area contributed by atoms with Gasteiger partial charge in [-0.05, 0) is 96.4 Å². The van der Waals surface area contributed by atoms with Crippen molar-refractivity contribution < 1.29 is 33.5 Å². The molecule has 19 heteroatoms. The van der Waals surface area contributed by atoms with Gasteiger partial charge in [-0.25, -0.2) is 4.98 Å². The fraction of sp³-hybridized carbons (Fsp3) is 0.413. The van der Waals surface area contributed by atoms with E-state index in [4.69, 9.17) is 24.4 Å². The minimum absolute atomic E-state index is 0.199. The molecular formula is C46H56BrN10O7P. The van der Waals surface area contributed by atoms with Gasteiger partial charge in [-0.1, -0.05) is 19.1 Å². The summed E-state index contributed by atoms with van der Waals surface area (Å²) in [4.78, 5) is 58.0. The van der Waals surface area contributed by atoms with E-state index in [9.17, 15) is 14.2 Å². The van der Waals surface area contributed by atoms with Crippen molar-refractivity contribution in [2.24, 2.45) is 0 Å². The van der Waals surface area contributed by atoms with Gasteiger partial charge in [0.15, 0.2) is 0 Å². The molecule has 0 aliphatic carbocycles. The summed E-state index contributed by atoms with van der Waals surface area (Å²) in [7, 11) is -1.08. The topological polar surface area (TPSA) is 204 Å². The number of fused-ring (bicyclic) bond motifs is 1. The number of ether oxygens (including phenoxy) is 2. The van der Waals surface area contributed by atoms with E-state index in [0.717, 1.165) is 82.1 Å². The van der Waals surface area contributed by atoms with Crippen molar-refractivity contribution in [1.82, 2.24) is 35.1 Å². The van der Waals surface area contributed by atoms with Crippen LogP contribution >= 0.6 is 23.1 Å². The number of benzene rings is 3. The zero-order chi connectivity index (χ0) is 46.1. The molecule has 1 atom stereocenters. The molecule has 5 aromatic rings. The van der Waals surface area contributed by atoms with Crippen molar-refractivity contribution in [2.75, 3.05) is 88.4 Å². The summed E-state index contributed by atoms with van der Waals surface area (Å²) < 4.78 is 26.2. The summed E-state index contributed by atoms with van der Waals surface area (Å²) in [6.07, 6.45) is 8.89. The number of rotatable bonds is 14. The average molecular weight is 972 g/mol. The van der Waals surface area contributed by atoms with E-state index in [1.165, 1.54) is 11.3 Å². The molecule has 3 aliphatic heterocycles. The number of anilines is 5. The van der Waals surface area contributed by atoms with Crippen LogP contribution in [0, 0.1) is 0 Å². The van der Waals surface area contributed by atoms with Gasteiger partial charge in [0.05, 0.1) is 39.7 Å². The highest BCUT2D eigenvalue weighted by molar-refractivity contribution is 9.10. The van der Waals surface area contributed by atoms with Gasteiger partial charge >= 0.3 is 0 Å². The number of aromatic nitrogens is 4. The number of nitrogens with one attached hydrogen (secondary N) is 3. The van der Waals surface area contributed by atoms with Gasteiger partial charge in [-0.15, -0.1) is 0 Å². The molecule has 344 valence electrons. The molecule has 0 saturated carbocycles. The monoisotopic (exact) mass is 970 g/mol. The molecule has 17 nitrogen and oxygen atoms in total. The van der Waals surface area contributed by atoms with Gasteiger partial charge in [-0.2, -0.15) is 4.98 Å². The van der Waals surface area contributed by atoms with Crippen molar-refractivity contribution in [1.29, 1.82) is 0 Å². The SMILES string of the molecule is CCc1cc(Nc2ncc(Br)c(Nc3ccc4nccnc4c3P(C)(C)=O)n2)c(OC)cc1N1CCC(N2CCN(CCOc3ccc(C4CCC(=O)NC4=O)cc3)CC2)CC1.O=CO. The van der Waals surface area contributed by atoms with Crippen LogP contribution in [0.25, 0.3) is 11.0 Å². The minimum atomic E-state index is -2.77. The van der Waals surface area contributed by atoms with E-state index >= 15 is 0 Å². The average Bonchev–Trinajstić information content (AvgIpc) is 3.30. The molecular weight excluding hydrogens is 915 g/mol.